The van der Waals surface area contributed by atoms with Crippen LogP contribution in [0.3, 0.4) is 0 Å². The second-order valence-electron chi connectivity index (χ2n) is 24.9. The average Bonchev–Trinajstić information content (AvgIpc) is 4.15. The molecule has 2 aliphatic carbocycles. The maximum Gasteiger partial charge on any atom is 0.230 e. The maximum atomic E-state index is 14.5. The van der Waals surface area contributed by atoms with Gasteiger partial charge in [-0.15, -0.1) is 11.8 Å². The number of fused-ring (bicyclic) bond motifs is 3. The van der Waals surface area contributed by atoms with Crippen molar-refractivity contribution in [1.29, 1.82) is 5.26 Å². The van der Waals surface area contributed by atoms with Gasteiger partial charge in [0.25, 0.3) is 0 Å². The maximum absolute atomic E-state index is 14.5. The Kier molecular flexibility index (Phi) is 14.0. The van der Waals surface area contributed by atoms with E-state index in [1.165, 1.54) is 68.2 Å². The molecule has 9 aliphatic rings. The number of nitrogens with one attached hydrogen (secondary N) is 5. The van der Waals surface area contributed by atoms with Crippen LogP contribution in [0, 0.1) is 51.2 Å². The van der Waals surface area contributed by atoms with Gasteiger partial charge in [0.05, 0.1) is 66.5 Å². The Hall–Kier alpha value is -2.81. The molecule has 1 amide bonds. The van der Waals surface area contributed by atoms with E-state index in [9.17, 15) is 10.1 Å². The minimum Gasteiger partial charge on any atom is -0.489 e. The van der Waals surface area contributed by atoms with E-state index in [1.807, 2.05) is 6.07 Å². The molecule has 71 heavy (non-hydrogen) atoms. The highest BCUT2D eigenvalue weighted by molar-refractivity contribution is 8.00. The molecule has 0 bridgehead atoms. The highest BCUT2D eigenvalue weighted by atomic mass is 35.5. The van der Waals surface area contributed by atoms with E-state index in [0.29, 0.717) is 56.7 Å². The first kappa shape index (κ1) is 50.4. The first-order chi connectivity index (χ1) is 34.1. The van der Waals surface area contributed by atoms with Gasteiger partial charge in [-0.1, -0.05) is 77.4 Å². The number of aliphatic imine (C=N–C) groups is 1. The fourth-order valence-corrected chi connectivity index (χ4v) is 18.2. The molecule has 13 nitrogen and oxygen atoms in total. The van der Waals surface area contributed by atoms with Crippen molar-refractivity contribution >= 4 is 35.0 Å². The number of nitriles is 1. The Labute approximate surface area is 433 Å². The van der Waals surface area contributed by atoms with E-state index >= 15 is 0 Å². The molecule has 15 heteroatoms. The molecule has 5 N–H and O–H groups in total. The minimum atomic E-state index is -0.299. The van der Waals surface area contributed by atoms with Gasteiger partial charge >= 0.3 is 0 Å². The van der Waals surface area contributed by atoms with E-state index < -0.39 is 0 Å². The van der Waals surface area contributed by atoms with Crippen LogP contribution in [0.25, 0.3) is 0 Å². The number of amides is 1. The number of carbonyl (C=O) groups is 1. The first-order valence-electron chi connectivity index (χ1n) is 27.5. The molecule has 9 unspecified atom stereocenters. The van der Waals surface area contributed by atoms with E-state index in [4.69, 9.17) is 26.1 Å². The molecule has 0 radical (unpaired) electrons. The predicted octanol–water partition coefficient (Wildman–Crippen LogP) is 7.44. The molecule has 11 rings (SSSR count). The largest absolute Gasteiger partial charge is 0.489 e. The number of piperidine rings is 2. The van der Waals surface area contributed by atoms with Gasteiger partial charge in [-0.05, 0) is 105 Å². The van der Waals surface area contributed by atoms with Crippen molar-refractivity contribution in [3.63, 3.8) is 0 Å². The van der Waals surface area contributed by atoms with Crippen LogP contribution in [0.2, 0.25) is 5.02 Å². The van der Waals surface area contributed by atoms with Gasteiger partial charge in [0.15, 0.2) is 0 Å². The van der Waals surface area contributed by atoms with E-state index in [1.54, 1.807) is 12.1 Å². The van der Waals surface area contributed by atoms with Gasteiger partial charge < -0.3 is 14.8 Å². The summed E-state index contributed by atoms with van der Waals surface area (Å²) in [6.45, 7) is 23.8. The van der Waals surface area contributed by atoms with Crippen molar-refractivity contribution in [1.82, 2.24) is 36.6 Å². The zero-order valence-electron chi connectivity index (χ0n) is 43.5. The lowest BCUT2D eigenvalue weighted by atomic mass is 9.49. The van der Waals surface area contributed by atoms with Crippen molar-refractivity contribution in [3.8, 4) is 11.8 Å². The zero-order chi connectivity index (χ0) is 49.5. The fourth-order valence-electron chi connectivity index (χ4n) is 16.1. The lowest BCUT2D eigenvalue weighted by Gasteiger charge is -2.63. The third kappa shape index (κ3) is 9.30. The van der Waals surface area contributed by atoms with Gasteiger partial charge in [-0.2, -0.15) is 5.26 Å². The van der Waals surface area contributed by atoms with E-state index in [-0.39, 0.29) is 65.7 Å². The fraction of sp³-hybridized carbons (Fsp3) is 0.732. The summed E-state index contributed by atoms with van der Waals surface area (Å²) in [7, 11) is 0. The molecule has 2 aromatic carbocycles. The van der Waals surface area contributed by atoms with Crippen LogP contribution in [-0.4, -0.2) is 132 Å². The highest BCUT2D eigenvalue weighted by Crippen LogP contribution is 2.56. The van der Waals surface area contributed by atoms with Crippen LogP contribution in [0.15, 0.2) is 47.5 Å². The van der Waals surface area contributed by atoms with Crippen molar-refractivity contribution in [3.05, 3.63) is 64.2 Å². The number of quaternary nitrogens is 1. The van der Waals surface area contributed by atoms with Crippen molar-refractivity contribution in [2.24, 2.45) is 44.9 Å². The summed E-state index contributed by atoms with van der Waals surface area (Å²) >= 11 is 8.51. The van der Waals surface area contributed by atoms with Crippen LogP contribution in [0.4, 0.5) is 0 Å². The monoisotopic (exact) mass is 1010 g/mol. The standard InChI is InChI=1S/C56H81ClN10O3S/c1-34-35(2)71-50-46(34)47(61-44(28-45-59-21-25-69-45)48-64-63-36(3)66(48)50)39-14-12-37(13-15-39)26-38-18-20-56(29-38)19-11-22-65(33-56)53-60-31-41(32-67(53)23-9-8-10-24-67)49(68)62-51-54(4,5)52(55(51,6)7)70-42-17-16-40(30-58)43(57)27-42/h12-17,27,34-36,38,41,44-46,48,50-53,59-60,63-64H,8-11,18-26,28-29,31-33H2,1-7H3/p+1/t34?,35?,36?,38-,41?,44-,45?,46?,48?,50?,51?,52?,53?,56+/m0/s1. The lowest BCUT2D eigenvalue weighted by Crippen LogP contribution is -2.78. The summed E-state index contributed by atoms with van der Waals surface area (Å²) in [6.07, 6.45) is 12.7. The molecule has 7 aliphatic heterocycles. The highest BCUT2D eigenvalue weighted by Gasteiger charge is 2.65. The third-order valence-corrected chi connectivity index (χ3v) is 21.5. The van der Waals surface area contributed by atoms with Gasteiger partial charge in [0, 0.05) is 72.4 Å². The van der Waals surface area contributed by atoms with Crippen LogP contribution in [0.1, 0.15) is 123 Å². The number of hydrazine groups is 1. The Balaban J connectivity index is 0.737. The van der Waals surface area contributed by atoms with Gasteiger partial charge in [0.2, 0.25) is 12.2 Å². The zero-order valence-corrected chi connectivity index (χ0v) is 45.1. The summed E-state index contributed by atoms with van der Waals surface area (Å²) in [5, 5.41) is 21.9. The van der Waals surface area contributed by atoms with Crippen molar-refractivity contribution in [2.45, 2.75) is 166 Å². The number of nitrogens with zero attached hydrogens (tertiary/aromatic N) is 5. The molecule has 0 aromatic heterocycles. The van der Waals surface area contributed by atoms with Crippen LogP contribution >= 0.6 is 23.4 Å². The van der Waals surface area contributed by atoms with Gasteiger partial charge in [-0.25, -0.2) is 15.8 Å². The normalized spacial score (nSPS) is 39.5. The molecule has 8 fully saturated rings. The second-order valence-corrected chi connectivity index (χ2v) is 26.8. The minimum absolute atomic E-state index is 0.0381. The van der Waals surface area contributed by atoms with Gasteiger partial charge in [-0.3, -0.25) is 29.8 Å². The molecule has 2 spiro atoms. The number of hydrogen-bond donors (Lipinski definition) is 5. The molecule has 12 atom stereocenters. The molecule has 2 aromatic rings. The molecular weight excluding hydrogens is 928 g/mol. The Morgan fingerprint density at radius 1 is 1.03 bits per heavy atom. The second kappa shape index (κ2) is 19.7. The molecule has 386 valence electrons. The number of carbonyl (C=O) groups excluding carboxylic acids is 1. The topological polar surface area (TPSA) is 138 Å². The van der Waals surface area contributed by atoms with Crippen LogP contribution in [0.5, 0.6) is 5.75 Å². The number of ether oxygens (including phenoxy) is 2. The number of likely N-dealkylation sites (tertiary alicyclic amines) is 1. The van der Waals surface area contributed by atoms with E-state index in [2.05, 4.69) is 127 Å². The summed E-state index contributed by atoms with van der Waals surface area (Å²) in [5.41, 5.74) is 11.5. The number of thioether (sulfide) groups is 1. The summed E-state index contributed by atoms with van der Waals surface area (Å²) in [5.74, 6) is 2.31. The number of benzene rings is 2. The van der Waals surface area contributed by atoms with Crippen molar-refractivity contribution < 1.29 is 18.8 Å². The van der Waals surface area contributed by atoms with Crippen LogP contribution in [-0.2, 0) is 16.0 Å². The number of rotatable bonds is 10. The average molecular weight is 1010 g/mol. The predicted molar refractivity (Wildman–Crippen MR) is 282 cm³/mol. The molecular formula is C56H82ClN10O3S+. The van der Waals surface area contributed by atoms with Crippen molar-refractivity contribution in [2.75, 3.05) is 52.4 Å². The van der Waals surface area contributed by atoms with E-state index in [0.717, 1.165) is 63.2 Å². The van der Waals surface area contributed by atoms with Crippen LogP contribution < -0.4 is 31.5 Å². The Morgan fingerprint density at radius 2 is 1.82 bits per heavy atom. The first-order valence-corrected chi connectivity index (χ1v) is 28.9. The SMILES string of the molecule is CC1SC2C(C(c3ccc(C[C@@H]4CC[C@]5(CCCN(C6NCC(C(=O)NC7C(C)(C)C(Oc8ccc(C#N)c(Cl)c8)C7(C)C)C[N+]67CCCCC7)C5)C4)cc3)=N[C@@H](CC3NCCO3)C3NNC(C)N23)C1C. The van der Waals surface area contributed by atoms with Gasteiger partial charge in [0.1, 0.15) is 24.2 Å². The summed E-state index contributed by atoms with van der Waals surface area (Å²) in [4.78, 5) is 25.7. The quantitative estimate of drug-likeness (QED) is 0.152. The number of halogens is 1. The Morgan fingerprint density at radius 3 is 2.55 bits per heavy atom. The number of hydrogen-bond acceptors (Lipinski definition) is 12. The summed E-state index contributed by atoms with van der Waals surface area (Å²) in [6, 6.07) is 17.1. The molecule has 6 saturated heterocycles. The molecule has 7 heterocycles. The molecule has 2 saturated carbocycles. The Bertz CT molecular complexity index is 2330. The lowest BCUT2D eigenvalue weighted by molar-refractivity contribution is -0.975. The smallest absolute Gasteiger partial charge is 0.230 e. The third-order valence-electron chi connectivity index (χ3n) is 19.5. The summed E-state index contributed by atoms with van der Waals surface area (Å²) < 4.78 is 13.7.